The molecule has 14 nitrogen and oxygen atoms in total. The quantitative estimate of drug-likeness (QED) is 0.280. The summed E-state index contributed by atoms with van der Waals surface area (Å²) in [6.45, 7) is 4.94. The second-order valence-electron chi connectivity index (χ2n) is 8.34. The standard InChI is InChI=1S/C25H26N4O10/c1-13(30)28-21(35)11-19(18-9-7-6-8-10-18)29-24(26-27-25(28)29)23(39-17(5)34)22(38-16(4)33)20(37-15(3)32)12-36-14(2)31/h6-11,20,22-23H,12H2,1-5H3/t20-,22-,23+/m1/s1. The minimum atomic E-state index is -1.61. The Morgan fingerprint density at radius 3 is 1.97 bits per heavy atom. The van der Waals surface area contributed by atoms with Gasteiger partial charge in [-0.25, -0.2) is 4.57 Å². The van der Waals surface area contributed by atoms with Crippen molar-refractivity contribution in [1.29, 1.82) is 0 Å². The molecule has 0 amide bonds. The Labute approximate surface area is 221 Å². The predicted octanol–water partition coefficient (Wildman–Crippen LogP) is 1.25. The molecule has 206 valence electrons. The lowest BCUT2D eigenvalue weighted by atomic mass is 10.1. The van der Waals surface area contributed by atoms with E-state index in [-0.39, 0.29) is 17.3 Å². The van der Waals surface area contributed by atoms with Gasteiger partial charge in [-0.05, 0) is 5.56 Å². The zero-order valence-corrected chi connectivity index (χ0v) is 21.8. The average molecular weight is 543 g/mol. The molecular formula is C25H26N4O10. The van der Waals surface area contributed by atoms with Gasteiger partial charge in [0, 0.05) is 40.7 Å². The highest BCUT2D eigenvalue weighted by atomic mass is 16.6. The molecule has 0 aliphatic carbocycles. The van der Waals surface area contributed by atoms with Crippen molar-refractivity contribution < 1.29 is 42.9 Å². The molecule has 3 aromatic rings. The van der Waals surface area contributed by atoms with Gasteiger partial charge in [-0.1, -0.05) is 30.3 Å². The zero-order chi connectivity index (χ0) is 28.9. The maximum Gasteiger partial charge on any atom is 0.303 e. The van der Waals surface area contributed by atoms with Crippen molar-refractivity contribution in [2.45, 2.75) is 52.9 Å². The van der Waals surface area contributed by atoms with Crippen molar-refractivity contribution in [2.75, 3.05) is 6.61 Å². The van der Waals surface area contributed by atoms with Crippen LogP contribution in [0.15, 0.2) is 41.2 Å². The summed E-state index contributed by atoms with van der Waals surface area (Å²) in [7, 11) is 0. The van der Waals surface area contributed by atoms with Gasteiger partial charge in [0.2, 0.25) is 17.8 Å². The van der Waals surface area contributed by atoms with E-state index >= 15 is 0 Å². The van der Waals surface area contributed by atoms with Crippen LogP contribution in [0.3, 0.4) is 0 Å². The van der Waals surface area contributed by atoms with Gasteiger partial charge in [-0.3, -0.25) is 33.2 Å². The van der Waals surface area contributed by atoms with Crippen molar-refractivity contribution in [3.63, 3.8) is 0 Å². The Hall–Kier alpha value is -4.88. The molecule has 2 heterocycles. The molecular weight excluding hydrogens is 516 g/mol. The number of carbonyl (C=O) groups excluding carboxylic acids is 5. The summed E-state index contributed by atoms with van der Waals surface area (Å²) in [4.78, 5) is 73.1. The van der Waals surface area contributed by atoms with Crippen LogP contribution in [-0.4, -0.2) is 67.8 Å². The van der Waals surface area contributed by atoms with Crippen LogP contribution in [0.4, 0.5) is 0 Å². The van der Waals surface area contributed by atoms with E-state index in [9.17, 15) is 28.8 Å². The van der Waals surface area contributed by atoms with Crippen LogP contribution >= 0.6 is 0 Å². The maximum atomic E-state index is 12.9. The van der Waals surface area contributed by atoms with Gasteiger partial charge in [0.15, 0.2) is 18.0 Å². The molecule has 0 aliphatic heterocycles. The molecule has 3 atom stereocenters. The summed E-state index contributed by atoms with van der Waals surface area (Å²) in [6.07, 6.45) is -4.66. The van der Waals surface area contributed by atoms with E-state index in [1.807, 2.05) is 0 Å². The lowest BCUT2D eigenvalue weighted by molar-refractivity contribution is -0.190. The Kier molecular flexibility index (Phi) is 8.91. The fraction of sp³-hybridized carbons (Fsp3) is 0.360. The molecule has 3 rings (SSSR count). The summed E-state index contributed by atoms with van der Waals surface area (Å²) < 4.78 is 23.3. The van der Waals surface area contributed by atoms with Gasteiger partial charge in [0.05, 0.1) is 5.69 Å². The molecule has 2 aromatic heterocycles. The highest BCUT2D eigenvalue weighted by Crippen LogP contribution is 2.30. The Morgan fingerprint density at radius 1 is 0.821 bits per heavy atom. The van der Waals surface area contributed by atoms with Crippen LogP contribution in [0.25, 0.3) is 17.0 Å². The molecule has 0 unspecified atom stereocenters. The topological polar surface area (TPSA) is 174 Å². The summed E-state index contributed by atoms with van der Waals surface area (Å²) in [5.74, 6) is -4.29. The molecule has 39 heavy (non-hydrogen) atoms. The largest absolute Gasteiger partial charge is 0.462 e. The highest BCUT2D eigenvalue weighted by molar-refractivity contribution is 5.80. The first kappa shape index (κ1) is 28.7. The summed E-state index contributed by atoms with van der Waals surface area (Å²) in [5.41, 5.74) is 0.0373. The van der Waals surface area contributed by atoms with Crippen LogP contribution < -0.4 is 5.56 Å². The molecule has 0 N–H and O–H groups in total. The lowest BCUT2D eigenvalue weighted by Gasteiger charge is -2.31. The number of fused-ring (bicyclic) bond motifs is 1. The predicted molar refractivity (Wildman–Crippen MR) is 131 cm³/mol. The van der Waals surface area contributed by atoms with E-state index in [1.165, 1.54) is 10.5 Å². The molecule has 0 saturated carbocycles. The SMILES string of the molecule is CC(=O)OC[C@@H](OC(C)=O)[C@@H](OC(C)=O)[C@H](OC(C)=O)c1nnc2n(C(C)=O)c(=O)cc(-c3ccccc3)n12. The Bertz CT molecular complexity index is 1480. The molecule has 0 saturated heterocycles. The van der Waals surface area contributed by atoms with Gasteiger partial charge >= 0.3 is 23.9 Å². The van der Waals surface area contributed by atoms with E-state index in [1.54, 1.807) is 30.3 Å². The zero-order valence-electron chi connectivity index (χ0n) is 21.8. The van der Waals surface area contributed by atoms with Crippen LogP contribution in [-0.2, 0) is 38.1 Å². The molecule has 14 heteroatoms. The average Bonchev–Trinajstić information content (AvgIpc) is 3.27. The van der Waals surface area contributed by atoms with Crippen molar-refractivity contribution >= 4 is 35.6 Å². The number of hydrogen-bond donors (Lipinski definition) is 0. The van der Waals surface area contributed by atoms with Crippen LogP contribution in [0.1, 0.15) is 51.3 Å². The number of hydrogen-bond acceptors (Lipinski definition) is 12. The fourth-order valence-corrected chi connectivity index (χ4v) is 3.89. The van der Waals surface area contributed by atoms with Crippen molar-refractivity contribution in [3.05, 3.63) is 52.6 Å². The molecule has 0 fully saturated rings. The molecule has 0 aliphatic rings. The third kappa shape index (κ3) is 6.71. The van der Waals surface area contributed by atoms with E-state index in [0.29, 0.717) is 5.56 Å². The second kappa shape index (κ2) is 12.1. The molecule has 1 aromatic carbocycles. The van der Waals surface area contributed by atoms with E-state index in [2.05, 4.69) is 10.2 Å². The minimum absolute atomic E-state index is 0.180. The monoisotopic (exact) mass is 542 g/mol. The van der Waals surface area contributed by atoms with Crippen LogP contribution in [0.5, 0.6) is 0 Å². The smallest absolute Gasteiger partial charge is 0.303 e. The molecule has 0 spiro atoms. The minimum Gasteiger partial charge on any atom is -0.462 e. The molecule has 0 radical (unpaired) electrons. The number of benzene rings is 1. The number of esters is 4. The normalized spacial score (nSPS) is 13.2. The van der Waals surface area contributed by atoms with Crippen LogP contribution in [0, 0.1) is 0 Å². The first-order valence-electron chi connectivity index (χ1n) is 11.6. The first-order valence-corrected chi connectivity index (χ1v) is 11.6. The summed E-state index contributed by atoms with van der Waals surface area (Å²) in [6, 6.07) is 9.71. The van der Waals surface area contributed by atoms with Crippen LogP contribution in [0.2, 0.25) is 0 Å². The summed E-state index contributed by atoms with van der Waals surface area (Å²) >= 11 is 0. The third-order valence-electron chi connectivity index (χ3n) is 5.26. The third-order valence-corrected chi connectivity index (χ3v) is 5.26. The van der Waals surface area contributed by atoms with Crippen molar-refractivity contribution in [2.24, 2.45) is 0 Å². The fourth-order valence-electron chi connectivity index (χ4n) is 3.89. The number of carbonyl (C=O) groups is 5. The number of nitrogens with zero attached hydrogens (tertiary/aromatic N) is 4. The number of ether oxygens (including phenoxy) is 4. The summed E-state index contributed by atoms with van der Waals surface area (Å²) in [5, 5.41) is 8.09. The Balaban J connectivity index is 2.36. The number of rotatable bonds is 9. The lowest BCUT2D eigenvalue weighted by Crippen LogP contribution is -2.44. The van der Waals surface area contributed by atoms with Gasteiger partial charge in [-0.15, -0.1) is 10.2 Å². The van der Waals surface area contributed by atoms with Crippen molar-refractivity contribution in [3.8, 4) is 11.3 Å². The van der Waals surface area contributed by atoms with Gasteiger partial charge in [-0.2, -0.15) is 0 Å². The van der Waals surface area contributed by atoms with Gasteiger partial charge < -0.3 is 18.9 Å². The number of aromatic nitrogens is 4. The van der Waals surface area contributed by atoms with E-state index < -0.39 is 60.3 Å². The second-order valence-corrected chi connectivity index (χ2v) is 8.34. The Morgan fingerprint density at radius 2 is 1.44 bits per heavy atom. The van der Waals surface area contributed by atoms with Gasteiger partial charge in [0.25, 0.3) is 5.56 Å². The van der Waals surface area contributed by atoms with E-state index in [4.69, 9.17) is 18.9 Å². The molecule has 0 bridgehead atoms. The van der Waals surface area contributed by atoms with Gasteiger partial charge in [0.1, 0.15) is 6.61 Å². The highest BCUT2D eigenvalue weighted by Gasteiger charge is 2.42. The maximum absolute atomic E-state index is 12.9. The van der Waals surface area contributed by atoms with E-state index in [0.717, 1.165) is 39.2 Å². The first-order chi connectivity index (χ1) is 18.4. The van der Waals surface area contributed by atoms with Crippen molar-refractivity contribution in [1.82, 2.24) is 19.2 Å².